The lowest BCUT2D eigenvalue weighted by Crippen LogP contribution is -2.33. The second-order valence-corrected chi connectivity index (χ2v) is 5.16. The highest BCUT2D eigenvalue weighted by Crippen LogP contribution is 2.37. The fraction of sp³-hybridized carbons (Fsp3) is 0.231. The van der Waals surface area contributed by atoms with E-state index in [1.807, 2.05) is 0 Å². The Labute approximate surface area is 120 Å². The second-order valence-electron chi connectivity index (χ2n) is 4.31. The van der Waals surface area contributed by atoms with Gasteiger partial charge in [-0.05, 0) is 24.6 Å². The molecule has 0 spiro atoms. The number of hydrogen-bond donors (Lipinski definition) is 2. The van der Waals surface area contributed by atoms with E-state index in [1.165, 1.54) is 0 Å². The van der Waals surface area contributed by atoms with Crippen molar-refractivity contribution in [2.75, 3.05) is 0 Å². The maximum atomic E-state index is 11.6. The van der Waals surface area contributed by atoms with Crippen molar-refractivity contribution >= 4 is 35.1 Å². The number of hydrogen-bond acceptors (Lipinski definition) is 2. The van der Waals surface area contributed by atoms with Crippen LogP contribution in [0.25, 0.3) is 0 Å². The van der Waals surface area contributed by atoms with E-state index in [9.17, 15) is 14.7 Å². The zero-order valence-corrected chi connectivity index (χ0v) is 11.5. The number of carboxylic acid groups (broad SMARTS) is 1. The first-order chi connectivity index (χ1) is 8.90. The minimum Gasteiger partial charge on any atom is -0.478 e. The van der Waals surface area contributed by atoms with Gasteiger partial charge in [-0.25, -0.2) is 4.79 Å². The Morgan fingerprint density at radius 2 is 2.11 bits per heavy atom. The van der Waals surface area contributed by atoms with Crippen molar-refractivity contribution in [1.82, 2.24) is 5.32 Å². The molecule has 0 aromatic heterocycles. The zero-order valence-electron chi connectivity index (χ0n) is 10.0. The third kappa shape index (κ3) is 2.74. The largest absolute Gasteiger partial charge is 0.478 e. The highest BCUT2D eigenvalue weighted by atomic mass is 35.5. The SMILES string of the molecule is CC1=C(C(=O)O)C(c2ccc(Cl)cc2Cl)CC(=O)N1. The van der Waals surface area contributed by atoms with E-state index in [4.69, 9.17) is 23.2 Å². The summed E-state index contributed by atoms with van der Waals surface area (Å²) in [6.07, 6.45) is 0.0559. The molecule has 1 aliphatic heterocycles. The van der Waals surface area contributed by atoms with Gasteiger partial charge < -0.3 is 10.4 Å². The minimum atomic E-state index is -1.06. The van der Waals surface area contributed by atoms with E-state index >= 15 is 0 Å². The van der Waals surface area contributed by atoms with E-state index in [2.05, 4.69) is 5.32 Å². The summed E-state index contributed by atoms with van der Waals surface area (Å²) < 4.78 is 0. The topological polar surface area (TPSA) is 66.4 Å². The Morgan fingerprint density at radius 1 is 1.42 bits per heavy atom. The number of rotatable bonds is 2. The second kappa shape index (κ2) is 5.23. The van der Waals surface area contributed by atoms with Crippen LogP contribution >= 0.6 is 23.2 Å². The molecule has 1 aromatic carbocycles. The van der Waals surface area contributed by atoms with Gasteiger partial charge in [0.2, 0.25) is 5.91 Å². The Balaban J connectivity index is 2.55. The lowest BCUT2D eigenvalue weighted by Gasteiger charge is -2.26. The molecule has 1 aliphatic rings. The molecule has 1 heterocycles. The smallest absolute Gasteiger partial charge is 0.333 e. The summed E-state index contributed by atoms with van der Waals surface area (Å²) in [6.45, 7) is 1.57. The van der Waals surface area contributed by atoms with Crippen molar-refractivity contribution in [3.05, 3.63) is 45.1 Å². The summed E-state index contributed by atoms with van der Waals surface area (Å²) >= 11 is 11.9. The first kappa shape index (κ1) is 13.9. The summed E-state index contributed by atoms with van der Waals surface area (Å²) in [6, 6.07) is 4.83. The molecule has 4 nitrogen and oxygen atoms in total. The number of carboxylic acids is 1. The summed E-state index contributed by atoms with van der Waals surface area (Å²) in [7, 11) is 0. The lowest BCUT2D eigenvalue weighted by atomic mass is 9.84. The predicted molar refractivity (Wildman–Crippen MR) is 72.3 cm³/mol. The molecule has 0 bridgehead atoms. The van der Waals surface area contributed by atoms with Crippen molar-refractivity contribution in [1.29, 1.82) is 0 Å². The standard InChI is InChI=1S/C13H11Cl2NO3/c1-6-12(13(18)19)9(5-11(17)16-6)8-3-2-7(14)4-10(8)15/h2-4,9H,5H2,1H3,(H,16,17)(H,18,19). The number of carbonyl (C=O) groups is 2. The fourth-order valence-electron chi connectivity index (χ4n) is 2.24. The average molecular weight is 300 g/mol. The number of carbonyl (C=O) groups excluding carboxylic acids is 1. The molecule has 19 heavy (non-hydrogen) atoms. The molecule has 0 saturated heterocycles. The van der Waals surface area contributed by atoms with Gasteiger partial charge in [-0.2, -0.15) is 0 Å². The summed E-state index contributed by atoms with van der Waals surface area (Å²) in [5, 5.41) is 12.7. The number of nitrogens with one attached hydrogen (secondary N) is 1. The monoisotopic (exact) mass is 299 g/mol. The van der Waals surface area contributed by atoms with Crippen molar-refractivity contribution in [2.45, 2.75) is 19.3 Å². The first-order valence-corrected chi connectivity index (χ1v) is 6.34. The Morgan fingerprint density at radius 3 is 2.68 bits per heavy atom. The van der Waals surface area contributed by atoms with Crippen LogP contribution in [0.15, 0.2) is 29.5 Å². The molecule has 2 N–H and O–H groups in total. The fourth-order valence-corrected chi connectivity index (χ4v) is 2.78. The van der Waals surface area contributed by atoms with E-state index in [0.717, 1.165) is 0 Å². The van der Waals surface area contributed by atoms with Gasteiger partial charge in [0, 0.05) is 28.1 Å². The Hall–Kier alpha value is -1.52. The molecular weight excluding hydrogens is 289 g/mol. The molecule has 0 aliphatic carbocycles. The highest BCUT2D eigenvalue weighted by Gasteiger charge is 2.32. The lowest BCUT2D eigenvalue weighted by molar-refractivity contribution is -0.133. The summed E-state index contributed by atoms with van der Waals surface area (Å²) in [5.41, 5.74) is 1.10. The maximum absolute atomic E-state index is 11.6. The highest BCUT2D eigenvalue weighted by molar-refractivity contribution is 6.35. The van der Waals surface area contributed by atoms with Crippen molar-refractivity contribution in [3.8, 4) is 0 Å². The van der Waals surface area contributed by atoms with Crippen LogP contribution < -0.4 is 5.32 Å². The van der Waals surface area contributed by atoms with Crippen LogP contribution in [0.5, 0.6) is 0 Å². The molecule has 0 radical (unpaired) electrons. The molecule has 2 rings (SSSR count). The molecule has 1 amide bonds. The van der Waals surface area contributed by atoms with Gasteiger partial charge in [0.15, 0.2) is 0 Å². The van der Waals surface area contributed by atoms with Gasteiger partial charge in [0.05, 0.1) is 5.57 Å². The van der Waals surface area contributed by atoms with Crippen molar-refractivity contribution in [3.63, 3.8) is 0 Å². The summed E-state index contributed by atoms with van der Waals surface area (Å²) in [4.78, 5) is 23.0. The van der Waals surface area contributed by atoms with Gasteiger partial charge in [-0.1, -0.05) is 29.3 Å². The molecule has 100 valence electrons. The van der Waals surface area contributed by atoms with Gasteiger partial charge in [-0.3, -0.25) is 4.79 Å². The normalized spacial score (nSPS) is 19.3. The first-order valence-electron chi connectivity index (χ1n) is 5.59. The number of aliphatic carboxylic acids is 1. The maximum Gasteiger partial charge on any atom is 0.333 e. The van der Waals surface area contributed by atoms with Gasteiger partial charge in [-0.15, -0.1) is 0 Å². The quantitative estimate of drug-likeness (QED) is 0.882. The molecule has 1 atom stereocenters. The molecule has 1 unspecified atom stereocenters. The Bertz CT molecular complexity index is 596. The number of benzene rings is 1. The molecule has 1 aromatic rings. The third-order valence-corrected chi connectivity index (χ3v) is 3.60. The van der Waals surface area contributed by atoms with Crippen LogP contribution in [0.4, 0.5) is 0 Å². The number of allylic oxidation sites excluding steroid dienone is 1. The van der Waals surface area contributed by atoms with Crippen molar-refractivity contribution < 1.29 is 14.7 Å². The van der Waals surface area contributed by atoms with Gasteiger partial charge in [0.1, 0.15) is 0 Å². The van der Waals surface area contributed by atoms with E-state index in [-0.39, 0.29) is 17.9 Å². The van der Waals surface area contributed by atoms with Crippen LogP contribution in [-0.2, 0) is 9.59 Å². The minimum absolute atomic E-state index is 0.0559. The van der Waals surface area contributed by atoms with Crippen LogP contribution in [0.3, 0.4) is 0 Å². The van der Waals surface area contributed by atoms with Crippen molar-refractivity contribution in [2.24, 2.45) is 0 Å². The van der Waals surface area contributed by atoms with Crippen LogP contribution in [0, 0.1) is 0 Å². The predicted octanol–water partition coefficient (Wildman–Crippen LogP) is 2.96. The van der Waals surface area contributed by atoms with Gasteiger partial charge in [0.25, 0.3) is 0 Å². The van der Waals surface area contributed by atoms with E-state index < -0.39 is 11.9 Å². The van der Waals surface area contributed by atoms with Crippen LogP contribution in [-0.4, -0.2) is 17.0 Å². The zero-order chi connectivity index (χ0) is 14.2. The van der Waals surface area contributed by atoms with Gasteiger partial charge >= 0.3 is 5.97 Å². The number of halogens is 2. The molecule has 0 fully saturated rings. The third-order valence-electron chi connectivity index (χ3n) is 3.04. The molecule has 6 heteroatoms. The van der Waals surface area contributed by atoms with Crippen LogP contribution in [0.2, 0.25) is 10.0 Å². The Kier molecular flexibility index (Phi) is 3.83. The van der Waals surface area contributed by atoms with E-state index in [0.29, 0.717) is 21.3 Å². The number of amides is 1. The average Bonchev–Trinajstić information content (AvgIpc) is 2.26. The molecule has 0 saturated carbocycles. The summed E-state index contributed by atoms with van der Waals surface area (Å²) in [5.74, 6) is -1.84. The molecular formula is C13H11Cl2NO3. The van der Waals surface area contributed by atoms with E-state index in [1.54, 1.807) is 25.1 Å². The van der Waals surface area contributed by atoms with Crippen LogP contribution in [0.1, 0.15) is 24.8 Å².